The molecule has 1 atom stereocenters. The fourth-order valence-corrected chi connectivity index (χ4v) is 3.48. The van der Waals surface area contributed by atoms with E-state index < -0.39 is 0 Å². The molecule has 3 heterocycles. The standard InChI is InChI=1S/C19H25N3O2/c1-14-10-18(19(24)21-9-5-6-16(11-21)13-23)15(2)22(14)12-17-7-3-4-8-20-17/h3-4,7-8,10,16,23H,5-6,9,11-13H2,1-2H3. The summed E-state index contributed by atoms with van der Waals surface area (Å²) in [4.78, 5) is 19.2. The van der Waals surface area contributed by atoms with Gasteiger partial charge in [0, 0.05) is 37.3 Å². The van der Waals surface area contributed by atoms with Gasteiger partial charge in [-0.3, -0.25) is 9.78 Å². The average Bonchev–Trinajstić information content (AvgIpc) is 2.90. The molecule has 1 fully saturated rings. The quantitative estimate of drug-likeness (QED) is 0.938. The summed E-state index contributed by atoms with van der Waals surface area (Å²) in [6.07, 6.45) is 3.75. The topological polar surface area (TPSA) is 58.4 Å². The number of amides is 1. The molecule has 5 heteroatoms. The van der Waals surface area contributed by atoms with Gasteiger partial charge in [0.25, 0.3) is 5.91 Å². The highest BCUT2D eigenvalue weighted by Crippen LogP contribution is 2.22. The Labute approximate surface area is 142 Å². The maximum Gasteiger partial charge on any atom is 0.255 e. The SMILES string of the molecule is Cc1cc(C(=O)N2CCCC(CO)C2)c(C)n1Cc1ccccn1. The highest BCUT2D eigenvalue weighted by Gasteiger charge is 2.26. The van der Waals surface area contributed by atoms with Gasteiger partial charge >= 0.3 is 0 Å². The Kier molecular flexibility index (Phi) is 5.00. The van der Waals surface area contributed by atoms with Crippen molar-refractivity contribution in [1.29, 1.82) is 0 Å². The molecular weight excluding hydrogens is 302 g/mol. The van der Waals surface area contributed by atoms with Crippen LogP contribution in [-0.2, 0) is 6.54 Å². The van der Waals surface area contributed by atoms with Crippen molar-refractivity contribution in [3.05, 3.63) is 53.1 Å². The van der Waals surface area contributed by atoms with Crippen molar-refractivity contribution >= 4 is 5.91 Å². The highest BCUT2D eigenvalue weighted by atomic mass is 16.3. The number of carbonyl (C=O) groups is 1. The third-order valence-electron chi connectivity index (χ3n) is 4.91. The average molecular weight is 327 g/mol. The molecular formula is C19H25N3O2. The van der Waals surface area contributed by atoms with Gasteiger partial charge in [-0.1, -0.05) is 6.07 Å². The van der Waals surface area contributed by atoms with Crippen LogP contribution >= 0.6 is 0 Å². The lowest BCUT2D eigenvalue weighted by Gasteiger charge is -2.31. The van der Waals surface area contributed by atoms with Crippen LogP contribution in [0.15, 0.2) is 30.5 Å². The van der Waals surface area contributed by atoms with Gasteiger partial charge in [0.15, 0.2) is 0 Å². The minimum atomic E-state index is 0.0773. The largest absolute Gasteiger partial charge is 0.396 e. The molecule has 2 aromatic heterocycles. The summed E-state index contributed by atoms with van der Waals surface area (Å²) in [6, 6.07) is 7.85. The molecule has 128 valence electrons. The third-order valence-corrected chi connectivity index (χ3v) is 4.91. The molecule has 0 spiro atoms. The predicted octanol–water partition coefficient (Wildman–Crippen LogP) is 2.39. The molecule has 2 aromatic rings. The van der Waals surface area contributed by atoms with Gasteiger partial charge in [-0.25, -0.2) is 0 Å². The van der Waals surface area contributed by atoms with Crippen LogP contribution in [0, 0.1) is 19.8 Å². The van der Waals surface area contributed by atoms with E-state index in [1.165, 1.54) is 0 Å². The zero-order chi connectivity index (χ0) is 17.1. The van der Waals surface area contributed by atoms with E-state index in [2.05, 4.69) is 9.55 Å². The smallest absolute Gasteiger partial charge is 0.255 e. The number of nitrogens with zero attached hydrogens (tertiary/aromatic N) is 3. The monoisotopic (exact) mass is 327 g/mol. The van der Waals surface area contributed by atoms with Gasteiger partial charge in [-0.15, -0.1) is 0 Å². The number of aliphatic hydroxyl groups is 1. The minimum absolute atomic E-state index is 0.0773. The van der Waals surface area contributed by atoms with Crippen LogP contribution in [0.25, 0.3) is 0 Å². The van der Waals surface area contributed by atoms with Crippen LogP contribution in [0.4, 0.5) is 0 Å². The van der Waals surface area contributed by atoms with Crippen molar-refractivity contribution in [2.24, 2.45) is 5.92 Å². The molecule has 1 saturated heterocycles. The number of likely N-dealkylation sites (tertiary alicyclic amines) is 1. The van der Waals surface area contributed by atoms with E-state index in [9.17, 15) is 9.90 Å². The second-order valence-corrected chi connectivity index (χ2v) is 6.63. The lowest BCUT2D eigenvalue weighted by atomic mass is 9.98. The first-order valence-corrected chi connectivity index (χ1v) is 8.57. The summed E-state index contributed by atoms with van der Waals surface area (Å²) < 4.78 is 2.14. The molecule has 0 saturated carbocycles. The second-order valence-electron chi connectivity index (χ2n) is 6.63. The zero-order valence-corrected chi connectivity index (χ0v) is 14.4. The van der Waals surface area contributed by atoms with Gasteiger partial charge in [0.2, 0.25) is 0 Å². The van der Waals surface area contributed by atoms with E-state index in [4.69, 9.17) is 0 Å². The second kappa shape index (κ2) is 7.18. The van der Waals surface area contributed by atoms with Crippen molar-refractivity contribution in [3.8, 4) is 0 Å². The van der Waals surface area contributed by atoms with Crippen LogP contribution in [-0.4, -0.2) is 45.2 Å². The number of piperidine rings is 1. The van der Waals surface area contributed by atoms with Gasteiger partial charge in [-0.05, 0) is 50.8 Å². The normalized spacial score (nSPS) is 18.0. The number of aliphatic hydroxyl groups excluding tert-OH is 1. The summed E-state index contributed by atoms with van der Waals surface area (Å²) >= 11 is 0. The van der Waals surface area contributed by atoms with Crippen molar-refractivity contribution in [2.75, 3.05) is 19.7 Å². The maximum atomic E-state index is 12.9. The fourth-order valence-electron chi connectivity index (χ4n) is 3.48. The number of carbonyl (C=O) groups excluding carboxylic acids is 1. The van der Waals surface area contributed by atoms with Crippen LogP contribution in [0.2, 0.25) is 0 Å². The first-order chi connectivity index (χ1) is 11.6. The number of aromatic nitrogens is 2. The first kappa shape index (κ1) is 16.7. The molecule has 0 aromatic carbocycles. The Morgan fingerprint density at radius 3 is 2.92 bits per heavy atom. The molecule has 0 aliphatic carbocycles. The molecule has 3 rings (SSSR count). The Balaban J connectivity index is 1.81. The van der Waals surface area contributed by atoms with Crippen molar-refractivity contribution < 1.29 is 9.90 Å². The van der Waals surface area contributed by atoms with Crippen LogP contribution in [0.3, 0.4) is 0 Å². The van der Waals surface area contributed by atoms with E-state index in [1.807, 2.05) is 43.0 Å². The molecule has 1 aliphatic heterocycles. The Bertz CT molecular complexity index is 709. The Morgan fingerprint density at radius 2 is 2.21 bits per heavy atom. The van der Waals surface area contributed by atoms with Crippen LogP contribution < -0.4 is 0 Å². The lowest BCUT2D eigenvalue weighted by Crippen LogP contribution is -2.41. The summed E-state index contributed by atoms with van der Waals surface area (Å²) in [5.41, 5.74) is 3.80. The summed E-state index contributed by atoms with van der Waals surface area (Å²) in [7, 11) is 0. The Hall–Kier alpha value is -2.14. The molecule has 0 radical (unpaired) electrons. The Morgan fingerprint density at radius 1 is 1.38 bits per heavy atom. The lowest BCUT2D eigenvalue weighted by molar-refractivity contribution is 0.0620. The highest BCUT2D eigenvalue weighted by molar-refractivity contribution is 5.95. The third kappa shape index (κ3) is 3.36. The molecule has 5 nitrogen and oxygen atoms in total. The number of hydrogen-bond acceptors (Lipinski definition) is 3. The predicted molar refractivity (Wildman–Crippen MR) is 93.0 cm³/mol. The first-order valence-electron chi connectivity index (χ1n) is 8.57. The number of pyridine rings is 1. The van der Waals surface area contributed by atoms with Gasteiger partial charge in [-0.2, -0.15) is 0 Å². The molecule has 0 bridgehead atoms. The van der Waals surface area contributed by atoms with E-state index in [0.717, 1.165) is 42.0 Å². The molecule has 1 N–H and O–H groups in total. The number of rotatable bonds is 4. The summed E-state index contributed by atoms with van der Waals surface area (Å²) in [6.45, 7) is 6.28. The van der Waals surface area contributed by atoms with Crippen molar-refractivity contribution in [2.45, 2.75) is 33.2 Å². The van der Waals surface area contributed by atoms with Crippen LogP contribution in [0.5, 0.6) is 0 Å². The van der Waals surface area contributed by atoms with E-state index >= 15 is 0 Å². The van der Waals surface area contributed by atoms with Gasteiger partial charge in [0.1, 0.15) is 0 Å². The molecule has 1 aliphatic rings. The van der Waals surface area contributed by atoms with Gasteiger partial charge in [0.05, 0.1) is 17.8 Å². The molecule has 1 unspecified atom stereocenters. The van der Waals surface area contributed by atoms with E-state index in [1.54, 1.807) is 6.20 Å². The maximum absolute atomic E-state index is 12.9. The van der Waals surface area contributed by atoms with E-state index in [0.29, 0.717) is 13.1 Å². The van der Waals surface area contributed by atoms with Crippen molar-refractivity contribution in [3.63, 3.8) is 0 Å². The number of aryl methyl sites for hydroxylation is 1. The zero-order valence-electron chi connectivity index (χ0n) is 14.4. The van der Waals surface area contributed by atoms with Gasteiger partial charge < -0.3 is 14.6 Å². The van der Waals surface area contributed by atoms with E-state index in [-0.39, 0.29) is 18.4 Å². The van der Waals surface area contributed by atoms with Crippen LogP contribution in [0.1, 0.15) is 40.3 Å². The summed E-state index contributed by atoms with van der Waals surface area (Å²) in [5, 5.41) is 9.38. The summed E-state index contributed by atoms with van der Waals surface area (Å²) in [5.74, 6) is 0.285. The van der Waals surface area contributed by atoms with Crippen molar-refractivity contribution in [1.82, 2.24) is 14.5 Å². The fraction of sp³-hybridized carbons (Fsp3) is 0.474. The minimum Gasteiger partial charge on any atom is -0.396 e. The number of hydrogen-bond donors (Lipinski definition) is 1. The molecule has 24 heavy (non-hydrogen) atoms. The molecule has 1 amide bonds.